The van der Waals surface area contributed by atoms with Crippen molar-refractivity contribution in [1.29, 1.82) is 0 Å². The zero-order chi connectivity index (χ0) is 14.8. The highest BCUT2D eigenvalue weighted by Gasteiger charge is 2.25. The van der Waals surface area contributed by atoms with Crippen LogP contribution in [0.5, 0.6) is 0 Å². The zero-order valence-electron chi connectivity index (χ0n) is 11.3. The normalized spacial score (nSPS) is 15.8. The first-order valence-corrected chi connectivity index (χ1v) is 7.05. The fraction of sp³-hybridized carbons (Fsp3) is 0.200. The number of nitrogen functional groups attached to an aromatic ring is 1. The van der Waals surface area contributed by atoms with Gasteiger partial charge in [-0.2, -0.15) is 0 Å². The monoisotopic (exact) mass is 302 g/mol. The van der Waals surface area contributed by atoms with Gasteiger partial charge in [0.15, 0.2) is 5.82 Å². The van der Waals surface area contributed by atoms with Gasteiger partial charge in [0.25, 0.3) is 5.91 Å². The maximum atomic E-state index is 12.1. The molecule has 1 unspecified atom stereocenters. The Labute approximate surface area is 127 Å². The number of benzene rings is 1. The minimum absolute atomic E-state index is 0.183. The molecule has 1 aliphatic carbocycles. The lowest BCUT2D eigenvalue weighted by Crippen LogP contribution is -2.33. The third-order valence-electron chi connectivity index (χ3n) is 3.71. The number of rotatable bonds is 4. The summed E-state index contributed by atoms with van der Waals surface area (Å²) in [5, 5.41) is 3.24. The second-order valence-corrected chi connectivity index (χ2v) is 5.42. The summed E-state index contributed by atoms with van der Waals surface area (Å²) in [6.07, 6.45) is 2.45. The Hall–Kier alpha value is -2.11. The highest BCUT2D eigenvalue weighted by Crippen LogP contribution is 2.34. The van der Waals surface area contributed by atoms with Crippen LogP contribution in [0.2, 0.25) is 5.02 Å². The minimum atomic E-state index is -0.183. The van der Waals surface area contributed by atoms with Gasteiger partial charge in [0, 0.05) is 18.7 Å². The molecule has 0 fully saturated rings. The van der Waals surface area contributed by atoms with Gasteiger partial charge >= 0.3 is 0 Å². The number of carbonyl (C=O) groups excluding carboxylic acids is 1. The number of hydrogen-bond acceptors (Lipinski definition) is 4. The van der Waals surface area contributed by atoms with Crippen LogP contribution in [0.4, 0.5) is 5.82 Å². The van der Waals surface area contributed by atoms with Crippen molar-refractivity contribution < 1.29 is 4.79 Å². The van der Waals surface area contributed by atoms with Crippen LogP contribution in [0, 0.1) is 0 Å². The molecular weight excluding hydrogens is 288 g/mol. The predicted octanol–water partition coefficient (Wildman–Crippen LogP) is 2.09. The summed E-state index contributed by atoms with van der Waals surface area (Å²) >= 11 is 5.96. The molecule has 1 aromatic carbocycles. The Bertz CT molecular complexity index is 689. The van der Waals surface area contributed by atoms with Crippen molar-refractivity contribution in [3.05, 3.63) is 58.2 Å². The molecule has 6 heteroatoms. The topological polar surface area (TPSA) is 80.0 Å². The summed E-state index contributed by atoms with van der Waals surface area (Å²) in [6.45, 7) is 0.615. The molecule has 1 aromatic heterocycles. The minimum Gasteiger partial charge on any atom is -0.351 e. The van der Waals surface area contributed by atoms with Crippen molar-refractivity contribution in [3.63, 3.8) is 0 Å². The predicted molar refractivity (Wildman–Crippen MR) is 82.3 cm³/mol. The molecule has 21 heavy (non-hydrogen) atoms. The fourth-order valence-electron chi connectivity index (χ4n) is 2.53. The van der Waals surface area contributed by atoms with Gasteiger partial charge in [0.1, 0.15) is 0 Å². The number of aromatic nitrogens is 1. The number of hydrogen-bond donors (Lipinski definition) is 3. The summed E-state index contributed by atoms with van der Waals surface area (Å²) in [4.78, 5) is 16.1. The van der Waals surface area contributed by atoms with Crippen LogP contribution in [0.15, 0.2) is 36.5 Å². The molecule has 108 valence electrons. The molecule has 0 bridgehead atoms. The molecule has 0 saturated carbocycles. The van der Waals surface area contributed by atoms with E-state index in [1.807, 2.05) is 12.1 Å². The lowest BCUT2D eigenvalue weighted by atomic mass is 9.77. The fourth-order valence-corrected chi connectivity index (χ4v) is 2.75. The van der Waals surface area contributed by atoms with Crippen LogP contribution in [-0.2, 0) is 6.42 Å². The largest absolute Gasteiger partial charge is 0.351 e. The van der Waals surface area contributed by atoms with Crippen LogP contribution < -0.4 is 16.6 Å². The summed E-state index contributed by atoms with van der Waals surface area (Å²) in [5.41, 5.74) is 5.47. The zero-order valence-corrected chi connectivity index (χ0v) is 12.0. The van der Waals surface area contributed by atoms with Gasteiger partial charge in [-0.3, -0.25) is 4.79 Å². The van der Waals surface area contributed by atoms with E-state index in [1.165, 1.54) is 17.3 Å². The molecule has 1 heterocycles. The molecule has 1 atom stereocenters. The van der Waals surface area contributed by atoms with E-state index in [4.69, 9.17) is 17.4 Å². The molecule has 3 rings (SSSR count). The van der Waals surface area contributed by atoms with Crippen LogP contribution in [-0.4, -0.2) is 17.4 Å². The van der Waals surface area contributed by atoms with Gasteiger partial charge < -0.3 is 10.7 Å². The summed E-state index contributed by atoms with van der Waals surface area (Å²) < 4.78 is 0. The van der Waals surface area contributed by atoms with Gasteiger partial charge in [0.2, 0.25) is 0 Å². The molecule has 1 aliphatic rings. The summed E-state index contributed by atoms with van der Waals surface area (Å²) in [5.74, 6) is 5.80. The number of anilines is 1. The van der Waals surface area contributed by atoms with E-state index < -0.39 is 0 Å². The number of hydrazine groups is 1. The SMILES string of the molecule is NNc1ncc(C(=O)NCC2Cc3ccccc32)cc1Cl. The number of fused-ring (bicyclic) bond motifs is 1. The number of nitrogens with zero attached hydrogens (tertiary/aromatic N) is 1. The van der Waals surface area contributed by atoms with E-state index in [0.717, 1.165) is 6.42 Å². The molecule has 0 spiro atoms. The lowest BCUT2D eigenvalue weighted by molar-refractivity contribution is 0.0949. The Morgan fingerprint density at radius 2 is 2.24 bits per heavy atom. The van der Waals surface area contributed by atoms with Crippen LogP contribution in [0.1, 0.15) is 27.4 Å². The summed E-state index contributed by atoms with van der Waals surface area (Å²) in [6, 6.07) is 9.84. The number of nitrogens with one attached hydrogen (secondary N) is 2. The number of carbonyl (C=O) groups is 1. The average Bonchev–Trinajstić information content (AvgIpc) is 2.48. The first kappa shape index (κ1) is 13.9. The maximum absolute atomic E-state index is 12.1. The molecule has 0 saturated heterocycles. The van der Waals surface area contributed by atoms with Crippen LogP contribution in [0.3, 0.4) is 0 Å². The van der Waals surface area contributed by atoms with E-state index in [9.17, 15) is 4.79 Å². The van der Waals surface area contributed by atoms with Gasteiger partial charge in [0.05, 0.1) is 10.6 Å². The first-order chi connectivity index (χ1) is 10.2. The standard InChI is InChI=1S/C15H15ClN4O/c16-13-6-11(8-18-14(13)20-17)15(21)19-7-10-5-9-3-1-2-4-12(9)10/h1-4,6,8,10H,5,7,17H2,(H,18,20)(H,19,21). The molecule has 0 aliphatic heterocycles. The van der Waals surface area contributed by atoms with Crippen LogP contribution >= 0.6 is 11.6 Å². The van der Waals surface area contributed by atoms with E-state index >= 15 is 0 Å². The quantitative estimate of drug-likeness (QED) is 0.597. The second kappa shape index (κ2) is 5.71. The number of amides is 1. The lowest BCUT2D eigenvalue weighted by Gasteiger charge is -2.30. The second-order valence-electron chi connectivity index (χ2n) is 5.01. The highest BCUT2D eigenvalue weighted by molar-refractivity contribution is 6.33. The van der Waals surface area contributed by atoms with Gasteiger partial charge in [-0.25, -0.2) is 10.8 Å². The van der Waals surface area contributed by atoms with Crippen molar-refractivity contribution in [2.75, 3.05) is 12.0 Å². The molecule has 4 N–H and O–H groups in total. The first-order valence-electron chi connectivity index (χ1n) is 6.67. The highest BCUT2D eigenvalue weighted by atomic mass is 35.5. The Balaban J connectivity index is 1.62. The summed E-state index contributed by atoms with van der Waals surface area (Å²) in [7, 11) is 0. The van der Waals surface area contributed by atoms with E-state index in [2.05, 4.69) is 27.9 Å². The molecule has 1 amide bonds. The Morgan fingerprint density at radius 3 is 2.95 bits per heavy atom. The molecule has 5 nitrogen and oxygen atoms in total. The third kappa shape index (κ3) is 2.70. The van der Waals surface area contributed by atoms with Crippen LogP contribution in [0.25, 0.3) is 0 Å². The molecule has 2 aromatic rings. The van der Waals surface area contributed by atoms with Crippen molar-refractivity contribution in [1.82, 2.24) is 10.3 Å². The van der Waals surface area contributed by atoms with Gasteiger partial charge in [-0.15, -0.1) is 0 Å². The average molecular weight is 303 g/mol. The molecule has 0 radical (unpaired) electrons. The maximum Gasteiger partial charge on any atom is 0.252 e. The Kier molecular flexibility index (Phi) is 3.77. The van der Waals surface area contributed by atoms with E-state index in [-0.39, 0.29) is 5.91 Å². The van der Waals surface area contributed by atoms with Crippen molar-refractivity contribution >= 4 is 23.3 Å². The van der Waals surface area contributed by atoms with E-state index in [0.29, 0.717) is 28.9 Å². The van der Waals surface area contributed by atoms with Gasteiger partial charge in [-0.1, -0.05) is 35.9 Å². The Morgan fingerprint density at radius 1 is 1.43 bits per heavy atom. The van der Waals surface area contributed by atoms with Crippen molar-refractivity contribution in [3.8, 4) is 0 Å². The van der Waals surface area contributed by atoms with Crippen molar-refractivity contribution in [2.24, 2.45) is 5.84 Å². The third-order valence-corrected chi connectivity index (χ3v) is 4.00. The smallest absolute Gasteiger partial charge is 0.252 e. The number of halogens is 1. The molecular formula is C15H15ClN4O. The van der Waals surface area contributed by atoms with Gasteiger partial charge in [-0.05, 0) is 23.6 Å². The number of nitrogens with two attached hydrogens (primary N) is 1. The number of pyridine rings is 1. The van der Waals surface area contributed by atoms with E-state index in [1.54, 1.807) is 6.07 Å². The van der Waals surface area contributed by atoms with Crippen molar-refractivity contribution in [2.45, 2.75) is 12.3 Å².